The lowest BCUT2D eigenvalue weighted by atomic mass is 10.3. The van der Waals surface area contributed by atoms with Crippen molar-refractivity contribution in [1.82, 2.24) is 10.2 Å². The van der Waals surface area contributed by atoms with Gasteiger partial charge in [-0.15, -0.1) is 0 Å². The largest absolute Gasteiger partial charge is 0.497 e. The molecule has 0 unspecified atom stereocenters. The van der Waals surface area contributed by atoms with Gasteiger partial charge in [0, 0.05) is 0 Å². The van der Waals surface area contributed by atoms with Crippen LogP contribution in [0.2, 0.25) is 0 Å². The number of hydrogen-bond donors (Lipinski definition) is 2. The third-order valence-corrected chi connectivity index (χ3v) is 2.16. The summed E-state index contributed by atoms with van der Waals surface area (Å²) in [5.74, 6) is 0.731. The van der Waals surface area contributed by atoms with Crippen LogP contribution in [-0.2, 0) is 0 Å². The summed E-state index contributed by atoms with van der Waals surface area (Å²) in [5, 5.41) is 6.10. The number of aromatic nitrogens is 2. The van der Waals surface area contributed by atoms with E-state index >= 15 is 0 Å². The van der Waals surface area contributed by atoms with Crippen LogP contribution in [0, 0.1) is 0 Å². The summed E-state index contributed by atoms with van der Waals surface area (Å²) in [6.45, 7) is 0. The van der Waals surface area contributed by atoms with Crippen molar-refractivity contribution in [1.29, 1.82) is 0 Å². The highest BCUT2D eigenvalue weighted by atomic mass is 16.5. The van der Waals surface area contributed by atoms with Crippen molar-refractivity contribution in [3.8, 4) is 11.5 Å². The number of benzene rings is 1. The number of methoxy groups -OCH3 is 1. The first kappa shape index (κ1) is 11.0. The maximum Gasteiger partial charge on any atom is 0.348 e. The molecule has 17 heavy (non-hydrogen) atoms. The fourth-order valence-corrected chi connectivity index (χ4v) is 1.26. The van der Waals surface area contributed by atoms with Gasteiger partial charge in [0.25, 0.3) is 0 Å². The quantitative estimate of drug-likeness (QED) is 0.614. The van der Waals surface area contributed by atoms with E-state index in [1.165, 1.54) is 6.20 Å². The minimum Gasteiger partial charge on any atom is -0.497 e. The molecule has 88 valence electrons. The Kier molecular flexibility index (Phi) is 2.95. The van der Waals surface area contributed by atoms with E-state index in [0.29, 0.717) is 11.5 Å². The SMILES string of the molecule is COc1ccc(OC(=O)c2cn[nH]c2N)cc1. The van der Waals surface area contributed by atoms with Crippen LogP contribution in [0.1, 0.15) is 10.4 Å². The Morgan fingerprint density at radius 1 is 1.29 bits per heavy atom. The van der Waals surface area contributed by atoms with Crippen LogP contribution in [0.4, 0.5) is 5.82 Å². The summed E-state index contributed by atoms with van der Waals surface area (Å²) in [4.78, 5) is 11.7. The van der Waals surface area contributed by atoms with Gasteiger partial charge in [-0.05, 0) is 24.3 Å². The molecule has 1 heterocycles. The number of nitrogens with zero attached hydrogens (tertiary/aromatic N) is 1. The molecule has 0 radical (unpaired) electrons. The summed E-state index contributed by atoms with van der Waals surface area (Å²) in [6.07, 6.45) is 1.32. The van der Waals surface area contributed by atoms with Crippen LogP contribution in [0.5, 0.6) is 11.5 Å². The molecule has 0 bridgehead atoms. The summed E-state index contributed by atoms with van der Waals surface area (Å²) < 4.78 is 10.1. The van der Waals surface area contributed by atoms with Crippen LogP contribution >= 0.6 is 0 Å². The third kappa shape index (κ3) is 2.36. The second kappa shape index (κ2) is 4.56. The predicted octanol–water partition coefficient (Wildman–Crippen LogP) is 1.22. The van der Waals surface area contributed by atoms with Gasteiger partial charge in [-0.3, -0.25) is 5.10 Å². The summed E-state index contributed by atoms with van der Waals surface area (Å²) in [7, 11) is 1.56. The molecule has 0 aliphatic rings. The zero-order chi connectivity index (χ0) is 12.3. The van der Waals surface area contributed by atoms with Crippen LogP contribution < -0.4 is 15.2 Å². The van der Waals surface area contributed by atoms with E-state index in [0.717, 1.165) is 0 Å². The van der Waals surface area contributed by atoms with E-state index in [1.54, 1.807) is 31.4 Å². The molecule has 2 rings (SSSR count). The topological polar surface area (TPSA) is 90.2 Å². The first-order valence-corrected chi connectivity index (χ1v) is 4.86. The molecule has 3 N–H and O–H groups in total. The average molecular weight is 233 g/mol. The molecule has 1 aromatic carbocycles. The lowest BCUT2D eigenvalue weighted by molar-refractivity contribution is 0.0736. The molecule has 0 saturated heterocycles. The van der Waals surface area contributed by atoms with E-state index in [4.69, 9.17) is 15.2 Å². The zero-order valence-corrected chi connectivity index (χ0v) is 9.14. The number of anilines is 1. The first-order valence-electron chi connectivity index (χ1n) is 4.86. The minimum atomic E-state index is -0.554. The summed E-state index contributed by atoms with van der Waals surface area (Å²) >= 11 is 0. The van der Waals surface area contributed by atoms with Gasteiger partial charge in [0.15, 0.2) is 0 Å². The number of rotatable bonds is 3. The third-order valence-electron chi connectivity index (χ3n) is 2.16. The Morgan fingerprint density at radius 3 is 2.47 bits per heavy atom. The molecular formula is C11H11N3O3. The fraction of sp³-hybridized carbons (Fsp3) is 0.0909. The monoisotopic (exact) mass is 233 g/mol. The van der Waals surface area contributed by atoms with E-state index in [-0.39, 0.29) is 11.4 Å². The van der Waals surface area contributed by atoms with Gasteiger partial charge in [-0.1, -0.05) is 0 Å². The van der Waals surface area contributed by atoms with Gasteiger partial charge in [0.2, 0.25) is 0 Å². The smallest absolute Gasteiger partial charge is 0.348 e. The Labute approximate surface area is 97.3 Å². The van der Waals surface area contributed by atoms with Gasteiger partial charge in [-0.2, -0.15) is 5.10 Å². The molecule has 6 nitrogen and oxygen atoms in total. The fourth-order valence-electron chi connectivity index (χ4n) is 1.26. The highest BCUT2D eigenvalue weighted by Gasteiger charge is 2.13. The van der Waals surface area contributed by atoms with E-state index in [1.807, 2.05) is 0 Å². The standard InChI is InChI=1S/C11H11N3O3/c1-16-7-2-4-8(5-3-7)17-11(15)9-6-13-14-10(9)12/h2-6H,1H3,(H3,12,13,14). The maximum atomic E-state index is 11.7. The second-order valence-corrected chi connectivity index (χ2v) is 3.26. The van der Waals surface area contributed by atoms with E-state index < -0.39 is 5.97 Å². The number of nitrogen functional groups attached to an aromatic ring is 1. The number of esters is 1. The molecule has 0 atom stereocenters. The number of ether oxygens (including phenoxy) is 2. The molecule has 2 aromatic rings. The Morgan fingerprint density at radius 2 is 1.94 bits per heavy atom. The molecule has 0 aliphatic heterocycles. The Bertz CT molecular complexity index is 519. The van der Waals surface area contributed by atoms with E-state index in [9.17, 15) is 4.79 Å². The number of H-pyrrole nitrogens is 1. The van der Waals surface area contributed by atoms with Crippen LogP contribution in [0.25, 0.3) is 0 Å². The maximum absolute atomic E-state index is 11.7. The van der Waals surface area contributed by atoms with Gasteiger partial charge in [-0.25, -0.2) is 4.79 Å². The summed E-state index contributed by atoms with van der Waals surface area (Å²) in [6, 6.07) is 6.66. The Balaban J connectivity index is 2.10. The van der Waals surface area contributed by atoms with Gasteiger partial charge >= 0.3 is 5.97 Å². The van der Waals surface area contributed by atoms with Crippen LogP contribution in [-0.4, -0.2) is 23.3 Å². The van der Waals surface area contributed by atoms with Gasteiger partial charge < -0.3 is 15.2 Å². The highest BCUT2D eigenvalue weighted by molar-refractivity contribution is 5.95. The molecule has 0 saturated carbocycles. The molecule has 0 fully saturated rings. The van der Waals surface area contributed by atoms with Crippen molar-refractivity contribution in [2.75, 3.05) is 12.8 Å². The molecule has 1 aromatic heterocycles. The Hall–Kier alpha value is -2.50. The van der Waals surface area contributed by atoms with Gasteiger partial charge in [0.1, 0.15) is 22.9 Å². The lowest BCUT2D eigenvalue weighted by Gasteiger charge is -2.04. The molecule has 0 aliphatic carbocycles. The minimum absolute atomic E-state index is 0.184. The number of nitrogens with two attached hydrogens (primary N) is 1. The molecule has 6 heteroatoms. The van der Waals surface area contributed by atoms with Crippen LogP contribution in [0.15, 0.2) is 30.5 Å². The second-order valence-electron chi connectivity index (χ2n) is 3.26. The van der Waals surface area contributed by atoms with Crippen molar-refractivity contribution in [2.45, 2.75) is 0 Å². The number of carbonyl (C=O) groups is 1. The van der Waals surface area contributed by atoms with Crippen LogP contribution in [0.3, 0.4) is 0 Å². The molecular weight excluding hydrogens is 222 g/mol. The van der Waals surface area contributed by atoms with E-state index in [2.05, 4.69) is 10.2 Å². The van der Waals surface area contributed by atoms with Crippen molar-refractivity contribution < 1.29 is 14.3 Å². The number of carbonyl (C=O) groups excluding carboxylic acids is 1. The number of aromatic amines is 1. The van der Waals surface area contributed by atoms with Gasteiger partial charge in [0.05, 0.1) is 13.3 Å². The number of hydrogen-bond acceptors (Lipinski definition) is 5. The summed E-state index contributed by atoms with van der Waals surface area (Å²) in [5.41, 5.74) is 5.71. The van der Waals surface area contributed by atoms with Crippen molar-refractivity contribution in [2.24, 2.45) is 0 Å². The predicted molar refractivity (Wildman–Crippen MR) is 61.0 cm³/mol. The number of nitrogens with one attached hydrogen (secondary N) is 1. The normalized spacial score (nSPS) is 9.94. The first-order chi connectivity index (χ1) is 8.20. The zero-order valence-electron chi connectivity index (χ0n) is 9.14. The average Bonchev–Trinajstić information content (AvgIpc) is 2.76. The van der Waals surface area contributed by atoms with Crippen molar-refractivity contribution in [3.63, 3.8) is 0 Å². The highest BCUT2D eigenvalue weighted by Crippen LogP contribution is 2.18. The lowest BCUT2D eigenvalue weighted by Crippen LogP contribution is -2.09. The van der Waals surface area contributed by atoms with Crippen molar-refractivity contribution in [3.05, 3.63) is 36.0 Å². The molecule has 0 spiro atoms. The molecule has 0 amide bonds. The van der Waals surface area contributed by atoms with Crippen molar-refractivity contribution >= 4 is 11.8 Å².